The molecule has 0 aliphatic carbocycles. The van der Waals surface area contributed by atoms with Crippen LogP contribution in [0.15, 0.2) is 0 Å². The number of likely N-dealkylation sites (N-methyl/N-ethyl adjacent to an activating group) is 1. The number of ether oxygens (including phenoxy) is 3. The summed E-state index contributed by atoms with van der Waals surface area (Å²) in [6.07, 6.45) is 33.7. The third-order valence-electron chi connectivity index (χ3n) is 10.3. The van der Waals surface area contributed by atoms with Crippen molar-refractivity contribution >= 4 is 25.7 Å². The molecule has 0 aromatic heterocycles. The summed E-state index contributed by atoms with van der Waals surface area (Å²) >= 11 is 0. The summed E-state index contributed by atoms with van der Waals surface area (Å²) < 4.78 is 46.7. The molecule has 0 heterocycles. The largest absolute Gasteiger partial charge is 0.475 e. The quantitative estimate of drug-likeness (QED) is 0.0192. The first-order valence-electron chi connectivity index (χ1n) is 23.8. The maximum atomic E-state index is 13.6. The van der Waals surface area contributed by atoms with Gasteiger partial charge in [-0.15, -0.1) is 0 Å². The highest BCUT2D eigenvalue weighted by Crippen LogP contribution is 2.49. The summed E-state index contributed by atoms with van der Waals surface area (Å²) in [5, 5.41) is 0. The van der Waals surface area contributed by atoms with Crippen molar-refractivity contribution < 1.29 is 51.2 Å². The van der Waals surface area contributed by atoms with Crippen molar-refractivity contribution in [2.24, 2.45) is 0 Å². The average molecular weight is 849 g/mol. The highest BCUT2D eigenvalue weighted by Gasteiger charge is 2.32. The van der Waals surface area contributed by atoms with Gasteiger partial charge in [0.2, 0.25) is 0 Å². The van der Waals surface area contributed by atoms with Gasteiger partial charge < -0.3 is 18.7 Å². The van der Waals surface area contributed by atoms with Gasteiger partial charge in [0.05, 0.1) is 34.4 Å². The Morgan fingerprint density at radius 3 is 1.26 bits per heavy atom. The van der Waals surface area contributed by atoms with E-state index in [-0.39, 0.29) is 38.6 Å². The number of carbonyl (C=O) groups is 3. The van der Waals surface area contributed by atoms with Crippen LogP contribution in [0.25, 0.3) is 0 Å². The number of rotatable bonds is 44. The van der Waals surface area contributed by atoms with Crippen LogP contribution in [0.3, 0.4) is 0 Å². The van der Waals surface area contributed by atoms with Gasteiger partial charge in [0, 0.05) is 12.8 Å². The molecule has 0 rings (SSSR count). The molecule has 2 atom stereocenters. The lowest BCUT2D eigenvalue weighted by Gasteiger charge is -2.25. The SMILES string of the molecule is CCCCCCCCCCCCCCCCC(=O)OCC(COP(=O)(OCC[N+](C)(C)C)OCC(=O)OCC)OC(=O)CCCCCCCCCCCCCCCC. The summed E-state index contributed by atoms with van der Waals surface area (Å²) in [6.45, 7) is 5.54. The molecule has 0 spiro atoms. The fourth-order valence-electron chi connectivity index (χ4n) is 6.59. The Balaban J connectivity index is 4.82. The smallest absolute Gasteiger partial charge is 0.464 e. The maximum absolute atomic E-state index is 13.6. The first-order valence-corrected chi connectivity index (χ1v) is 25.3. The van der Waals surface area contributed by atoms with Gasteiger partial charge in [-0.05, 0) is 19.8 Å². The molecule has 0 aromatic carbocycles. The first-order chi connectivity index (χ1) is 27.9. The van der Waals surface area contributed by atoms with Crippen molar-refractivity contribution in [3.63, 3.8) is 0 Å². The van der Waals surface area contributed by atoms with Gasteiger partial charge in [0.25, 0.3) is 0 Å². The summed E-state index contributed by atoms with van der Waals surface area (Å²) in [5.41, 5.74) is 0. The van der Waals surface area contributed by atoms with Crippen molar-refractivity contribution in [3.05, 3.63) is 0 Å². The molecule has 0 aromatic rings. The van der Waals surface area contributed by atoms with E-state index < -0.39 is 39.1 Å². The summed E-state index contributed by atoms with van der Waals surface area (Å²) in [5.74, 6) is -1.54. The van der Waals surface area contributed by atoms with Gasteiger partial charge in [-0.2, -0.15) is 0 Å². The van der Waals surface area contributed by atoms with Gasteiger partial charge in [0.15, 0.2) is 12.7 Å². The van der Waals surface area contributed by atoms with Crippen LogP contribution in [-0.2, 0) is 46.7 Å². The number of unbranched alkanes of at least 4 members (excludes halogenated alkanes) is 26. The van der Waals surface area contributed by atoms with Crippen LogP contribution in [0, 0.1) is 0 Å². The van der Waals surface area contributed by atoms with Crippen LogP contribution in [0.1, 0.15) is 213 Å². The molecule has 344 valence electrons. The molecule has 2 unspecified atom stereocenters. The molecule has 58 heavy (non-hydrogen) atoms. The Morgan fingerprint density at radius 1 is 0.466 bits per heavy atom. The molecule has 0 N–H and O–H groups in total. The number of hydrogen-bond acceptors (Lipinski definition) is 10. The minimum absolute atomic E-state index is 0.0291. The molecule has 0 saturated carbocycles. The van der Waals surface area contributed by atoms with Crippen LogP contribution in [0.5, 0.6) is 0 Å². The lowest BCUT2D eigenvalue weighted by Crippen LogP contribution is -2.37. The number of phosphoric acid groups is 1. The number of esters is 3. The zero-order valence-corrected chi connectivity index (χ0v) is 39.4. The highest BCUT2D eigenvalue weighted by molar-refractivity contribution is 7.48. The predicted octanol–water partition coefficient (Wildman–Crippen LogP) is 12.6. The molecule has 0 fully saturated rings. The van der Waals surface area contributed by atoms with E-state index in [1.54, 1.807) is 6.92 Å². The van der Waals surface area contributed by atoms with E-state index in [4.69, 9.17) is 27.8 Å². The monoisotopic (exact) mass is 849 g/mol. The molecular weight excluding hydrogens is 757 g/mol. The molecule has 0 radical (unpaired) electrons. The maximum Gasteiger partial charge on any atom is 0.475 e. The summed E-state index contributed by atoms with van der Waals surface area (Å²) in [6, 6.07) is 0. The van der Waals surface area contributed by atoms with E-state index in [0.717, 1.165) is 38.5 Å². The second-order valence-corrected chi connectivity index (χ2v) is 18.8. The lowest BCUT2D eigenvalue weighted by molar-refractivity contribution is -0.870. The molecule has 0 aliphatic rings. The second-order valence-electron chi connectivity index (χ2n) is 17.2. The Kier molecular flexibility index (Phi) is 38.6. The van der Waals surface area contributed by atoms with Gasteiger partial charge >= 0.3 is 25.7 Å². The van der Waals surface area contributed by atoms with Gasteiger partial charge in [0.1, 0.15) is 19.8 Å². The van der Waals surface area contributed by atoms with E-state index >= 15 is 0 Å². The normalized spacial score (nSPS) is 13.3. The molecule has 0 amide bonds. The van der Waals surface area contributed by atoms with Crippen molar-refractivity contribution in [1.29, 1.82) is 0 Å². The Labute approximate surface area is 356 Å². The number of nitrogens with zero attached hydrogens (tertiary/aromatic N) is 1. The number of carbonyl (C=O) groups excluding carboxylic acids is 3. The summed E-state index contributed by atoms with van der Waals surface area (Å²) in [7, 11) is 1.59. The summed E-state index contributed by atoms with van der Waals surface area (Å²) in [4.78, 5) is 37.6. The molecule has 12 heteroatoms. The van der Waals surface area contributed by atoms with Gasteiger partial charge in [-0.3, -0.25) is 23.2 Å². The zero-order valence-electron chi connectivity index (χ0n) is 38.5. The molecule has 0 aliphatic heterocycles. The van der Waals surface area contributed by atoms with Crippen LogP contribution >= 0.6 is 7.82 Å². The van der Waals surface area contributed by atoms with Crippen LogP contribution in [0.4, 0.5) is 0 Å². The minimum atomic E-state index is -4.27. The van der Waals surface area contributed by atoms with E-state index in [0.29, 0.717) is 17.4 Å². The van der Waals surface area contributed by atoms with E-state index in [1.807, 2.05) is 21.1 Å². The molecule has 11 nitrogen and oxygen atoms in total. The van der Waals surface area contributed by atoms with E-state index in [9.17, 15) is 18.9 Å². The van der Waals surface area contributed by atoms with Crippen molar-refractivity contribution in [2.75, 3.05) is 60.7 Å². The highest BCUT2D eigenvalue weighted by atomic mass is 31.2. The molecule has 0 bridgehead atoms. The fraction of sp³-hybridized carbons (Fsp3) is 0.935. The zero-order chi connectivity index (χ0) is 43.0. The Morgan fingerprint density at radius 2 is 0.862 bits per heavy atom. The van der Waals surface area contributed by atoms with Crippen LogP contribution in [0.2, 0.25) is 0 Å². The van der Waals surface area contributed by atoms with Gasteiger partial charge in [-0.25, -0.2) is 9.36 Å². The Hall–Kier alpha value is -1.52. The number of quaternary nitrogens is 1. The van der Waals surface area contributed by atoms with Crippen molar-refractivity contribution in [2.45, 2.75) is 219 Å². The fourth-order valence-corrected chi connectivity index (χ4v) is 7.74. The molecular formula is C46H91NO10P+. The topological polar surface area (TPSA) is 124 Å². The van der Waals surface area contributed by atoms with E-state index in [1.165, 1.54) is 135 Å². The van der Waals surface area contributed by atoms with Crippen molar-refractivity contribution in [3.8, 4) is 0 Å². The third-order valence-corrected chi connectivity index (χ3v) is 11.7. The lowest BCUT2D eigenvalue weighted by atomic mass is 10.0. The second kappa shape index (κ2) is 39.6. The standard InChI is InChI=1S/C46H91NO10P/c1-7-10-12-14-16-18-20-22-24-26-28-30-32-34-36-44(48)53-40-43(41-55-58(51,54-39-38-47(4,5)6)56-42-46(50)52-9-3)57-45(49)37-35-33-31-29-27-25-23-21-19-17-15-13-11-8-2/h43H,7-42H2,1-6H3/q+1. The van der Waals surface area contributed by atoms with Crippen LogP contribution < -0.4 is 0 Å². The predicted molar refractivity (Wildman–Crippen MR) is 236 cm³/mol. The van der Waals surface area contributed by atoms with Crippen LogP contribution in [-0.4, -0.2) is 89.2 Å². The minimum Gasteiger partial charge on any atom is -0.464 e. The average Bonchev–Trinajstić information content (AvgIpc) is 3.18. The van der Waals surface area contributed by atoms with Crippen molar-refractivity contribution in [1.82, 2.24) is 0 Å². The van der Waals surface area contributed by atoms with Gasteiger partial charge in [-0.1, -0.05) is 181 Å². The first kappa shape index (κ1) is 56.5. The third kappa shape index (κ3) is 39.9. The molecule has 0 saturated heterocycles. The number of hydrogen-bond donors (Lipinski definition) is 0. The van der Waals surface area contributed by atoms with E-state index in [2.05, 4.69) is 13.8 Å². The number of phosphoric ester groups is 1. The Bertz CT molecular complexity index is 1020.